The third-order valence-corrected chi connectivity index (χ3v) is 5.81. The number of methoxy groups -OCH3 is 1. The van der Waals surface area contributed by atoms with E-state index in [2.05, 4.69) is 30.8 Å². The molecule has 0 aromatic carbocycles. The monoisotopic (exact) mass is 364 g/mol. The van der Waals surface area contributed by atoms with Crippen LogP contribution in [0.2, 0.25) is 0 Å². The lowest BCUT2D eigenvalue weighted by molar-refractivity contribution is 0.293. The van der Waals surface area contributed by atoms with Gasteiger partial charge in [-0.1, -0.05) is 0 Å². The van der Waals surface area contributed by atoms with Crippen molar-refractivity contribution >= 4 is 11.6 Å². The van der Waals surface area contributed by atoms with Crippen molar-refractivity contribution in [2.24, 2.45) is 11.8 Å². The first kappa shape index (κ1) is 17.5. The van der Waals surface area contributed by atoms with Crippen LogP contribution in [0.1, 0.15) is 24.8 Å². The average molecular weight is 364 g/mol. The summed E-state index contributed by atoms with van der Waals surface area (Å²) in [5.41, 5.74) is 1.48. The Labute approximate surface area is 159 Å². The quantitative estimate of drug-likeness (QED) is 0.825. The van der Waals surface area contributed by atoms with E-state index < -0.39 is 0 Å². The number of hydrogen-bond donors (Lipinski definition) is 0. The van der Waals surface area contributed by atoms with E-state index in [1.54, 1.807) is 25.7 Å². The number of ether oxygens (including phenoxy) is 1. The number of rotatable bonds is 4. The molecule has 0 bridgehead atoms. The number of pyridine rings is 1. The Morgan fingerprint density at radius 1 is 1.00 bits per heavy atom. The van der Waals surface area contributed by atoms with E-state index in [9.17, 15) is 5.26 Å². The lowest BCUT2D eigenvalue weighted by Crippen LogP contribution is -2.37. The van der Waals surface area contributed by atoms with Gasteiger partial charge in [0.05, 0.1) is 12.8 Å². The molecule has 0 spiro atoms. The first-order chi connectivity index (χ1) is 13.3. The molecule has 4 heterocycles. The highest BCUT2D eigenvalue weighted by Gasteiger charge is 2.33. The molecule has 0 aliphatic carbocycles. The van der Waals surface area contributed by atoms with E-state index in [4.69, 9.17) is 4.74 Å². The molecule has 1 atom stereocenters. The molecule has 2 aromatic rings. The standard InChI is InChI=1S/C20H24N6O/c1-27-19-17(13-21)18(3-9-22-19)26-12-6-16(14-26)15-4-10-25(11-5-15)20-23-7-2-8-24-20/h2-3,7-9,15-16H,4-6,10-12,14H2,1H3. The molecule has 2 fully saturated rings. The predicted molar refractivity (Wildman–Crippen MR) is 103 cm³/mol. The maximum atomic E-state index is 9.53. The lowest BCUT2D eigenvalue weighted by Gasteiger charge is -2.34. The normalized spacial score (nSPS) is 20.5. The van der Waals surface area contributed by atoms with Crippen LogP contribution < -0.4 is 14.5 Å². The number of anilines is 2. The van der Waals surface area contributed by atoms with Crippen LogP contribution in [0.15, 0.2) is 30.7 Å². The van der Waals surface area contributed by atoms with Gasteiger partial charge in [-0.05, 0) is 43.2 Å². The van der Waals surface area contributed by atoms with Crippen molar-refractivity contribution in [1.29, 1.82) is 5.26 Å². The minimum Gasteiger partial charge on any atom is -0.480 e. The average Bonchev–Trinajstić information content (AvgIpc) is 3.24. The van der Waals surface area contributed by atoms with Crippen molar-refractivity contribution < 1.29 is 4.74 Å². The van der Waals surface area contributed by atoms with Gasteiger partial charge in [-0.15, -0.1) is 0 Å². The molecule has 0 saturated carbocycles. The highest BCUT2D eigenvalue weighted by molar-refractivity contribution is 5.63. The van der Waals surface area contributed by atoms with Gasteiger partial charge in [-0.3, -0.25) is 0 Å². The summed E-state index contributed by atoms with van der Waals surface area (Å²) in [6.45, 7) is 4.00. The van der Waals surface area contributed by atoms with Gasteiger partial charge >= 0.3 is 0 Å². The fourth-order valence-electron chi connectivity index (χ4n) is 4.37. The molecule has 2 aliphatic rings. The summed E-state index contributed by atoms with van der Waals surface area (Å²) in [6, 6.07) is 6.04. The predicted octanol–water partition coefficient (Wildman–Crippen LogP) is 2.49. The SMILES string of the molecule is COc1nccc(N2CCC(C3CCN(c4ncccn4)CC3)C2)c1C#N. The number of nitriles is 1. The van der Waals surface area contributed by atoms with Gasteiger partial charge in [0.2, 0.25) is 11.8 Å². The Bertz CT molecular complexity index is 813. The molecule has 2 aromatic heterocycles. The number of piperidine rings is 1. The summed E-state index contributed by atoms with van der Waals surface area (Å²) in [7, 11) is 1.56. The van der Waals surface area contributed by atoms with Crippen molar-refractivity contribution in [2.45, 2.75) is 19.3 Å². The molecule has 0 N–H and O–H groups in total. The Kier molecular flexibility index (Phi) is 5.05. The zero-order valence-electron chi connectivity index (χ0n) is 15.6. The van der Waals surface area contributed by atoms with Gasteiger partial charge in [0.15, 0.2) is 0 Å². The number of nitrogens with zero attached hydrogens (tertiary/aromatic N) is 6. The van der Waals surface area contributed by atoms with Crippen LogP contribution in [0.5, 0.6) is 5.88 Å². The van der Waals surface area contributed by atoms with E-state index in [0.29, 0.717) is 23.3 Å². The van der Waals surface area contributed by atoms with Crippen molar-refractivity contribution in [3.05, 3.63) is 36.3 Å². The molecular formula is C20H24N6O. The number of hydrogen-bond acceptors (Lipinski definition) is 7. The van der Waals surface area contributed by atoms with Gasteiger partial charge in [0, 0.05) is 44.8 Å². The van der Waals surface area contributed by atoms with Crippen LogP contribution in [0.3, 0.4) is 0 Å². The minimum atomic E-state index is 0.412. The zero-order valence-corrected chi connectivity index (χ0v) is 15.6. The van der Waals surface area contributed by atoms with Crippen LogP contribution in [0, 0.1) is 23.2 Å². The van der Waals surface area contributed by atoms with Crippen molar-refractivity contribution in [3.63, 3.8) is 0 Å². The van der Waals surface area contributed by atoms with E-state index in [1.807, 2.05) is 12.1 Å². The highest BCUT2D eigenvalue weighted by atomic mass is 16.5. The molecule has 2 aliphatic heterocycles. The molecule has 27 heavy (non-hydrogen) atoms. The van der Waals surface area contributed by atoms with Crippen molar-refractivity contribution in [3.8, 4) is 11.9 Å². The summed E-state index contributed by atoms with van der Waals surface area (Å²) in [5.74, 6) is 2.62. The zero-order chi connectivity index (χ0) is 18.6. The summed E-state index contributed by atoms with van der Waals surface area (Å²) in [5, 5.41) is 9.53. The Morgan fingerprint density at radius 3 is 2.41 bits per heavy atom. The van der Waals surface area contributed by atoms with Crippen molar-refractivity contribution in [2.75, 3.05) is 43.1 Å². The smallest absolute Gasteiger partial charge is 0.233 e. The molecule has 0 radical (unpaired) electrons. The van der Waals surface area contributed by atoms with E-state index in [0.717, 1.165) is 37.8 Å². The molecule has 0 amide bonds. The van der Waals surface area contributed by atoms with E-state index in [1.165, 1.54) is 19.3 Å². The first-order valence-electron chi connectivity index (χ1n) is 9.50. The minimum absolute atomic E-state index is 0.412. The molecule has 4 rings (SSSR count). The molecule has 1 unspecified atom stereocenters. The van der Waals surface area contributed by atoms with Gasteiger partial charge < -0.3 is 14.5 Å². The topological polar surface area (TPSA) is 78.2 Å². The number of aromatic nitrogens is 3. The molecule has 140 valence electrons. The van der Waals surface area contributed by atoms with Crippen molar-refractivity contribution in [1.82, 2.24) is 15.0 Å². The lowest BCUT2D eigenvalue weighted by atomic mass is 9.84. The largest absolute Gasteiger partial charge is 0.480 e. The van der Waals surface area contributed by atoms with Crippen LogP contribution in [0.25, 0.3) is 0 Å². The van der Waals surface area contributed by atoms with E-state index in [-0.39, 0.29) is 0 Å². The Balaban J connectivity index is 1.39. The molecule has 2 saturated heterocycles. The summed E-state index contributed by atoms with van der Waals surface area (Å²) in [6.07, 6.45) is 8.84. The maximum absolute atomic E-state index is 9.53. The fraction of sp³-hybridized carbons (Fsp3) is 0.500. The van der Waals surface area contributed by atoms with Gasteiger partial charge in [0.25, 0.3) is 0 Å². The second-order valence-electron chi connectivity index (χ2n) is 7.19. The van der Waals surface area contributed by atoms with Crippen LogP contribution in [-0.4, -0.2) is 48.2 Å². The van der Waals surface area contributed by atoms with Gasteiger partial charge in [-0.25, -0.2) is 15.0 Å². The third-order valence-electron chi connectivity index (χ3n) is 5.81. The second kappa shape index (κ2) is 7.78. The highest BCUT2D eigenvalue weighted by Crippen LogP contribution is 2.36. The summed E-state index contributed by atoms with van der Waals surface area (Å²) >= 11 is 0. The van der Waals surface area contributed by atoms with Crippen LogP contribution in [0.4, 0.5) is 11.6 Å². The van der Waals surface area contributed by atoms with Crippen LogP contribution in [-0.2, 0) is 0 Å². The van der Waals surface area contributed by atoms with Gasteiger partial charge in [0.1, 0.15) is 11.6 Å². The molecular weight excluding hydrogens is 340 g/mol. The fourth-order valence-corrected chi connectivity index (χ4v) is 4.37. The van der Waals surface area contributed by atoms with E-state index >= 15 is 0 Å². The second-order valence-corrected chi connectivity index (χ2v) is 7.19. The third kappa shape index (κ3) is 3.52. The molecule has 7 nitrogen and oxygen atoms in total. The Hall–Kier alpha value is -2.88. The Morgan fingerprint density at radius 2 is 1.70 bits per heavy atom. The molecule has 7 heteroatoms. The van der Waals surface area contributed by atoms with Gasteiger partial charge in [-0.2, -0.15) is 5.26 Å². The summed E-state index contributed by atoms with van der Waals surface area (Å²) < 4.78 is 5.26. The van der Waals surface area contributed by atoms with Crippen LogP contribution >= 0.6 is 0 Å². The maximum Gasteiger partial charge on any atom is 0.233 e. The summed E-state index contributed by atoms with van der Waals surface area (Å²) in [4.78, 5) is 17.5. The first-order valence-corrected chi connectivity index (χ1v) is 9.50.